The van der Waals surface area contributed by atoms with Crippen molar-refractivity contribution in [3.8, 4) is 0 Å². The van der Waals surface area contributed by atoms with E-state index >= 15 is 0 Å². The fourth-order valence-corrected chi connectivity index (χ4v) is 2.13. The average molecular weight is 248 g/mol. The van der Waals surface area contributed by atoms with Gasteiger partial charge in [-0.05, 0) is 33.8 Å². The van der Waals surface area contributed by atoms with Crippen LogP contribution in [0.25, 0.3) is 0 Å². The molecule has 0 aromatic heterocycles. The third-order valence-electron chi connectivity index (χ3n) is 2.78. The largest absolute Gasteiger partial charge is 0.478 e. The number of rotatable bonds is 4. The number of carboxylic acid groups (broad SMARTS) is 1. The number of hydrogen-bond donors (Lipinski definition) is 2. The Labute approximate surface area is 108 Å². The van der Waals surface area contributed by atoms with E-state index in [9.17, 15) is 4.79 Å². The molecule has 2 N–H and O–H groups in total. The molecule has 1 rings (SSSR count). The summed E-state index contributed by atoms with van der Waals surface area (Å²) < 4.78 is 0. The smallest absolute Gasteiger partial charge is 0.336 e. The summed E-state index contributed by atoms with van der Waals surface area (Å²) in [4.78, 5) is 13.1. The molecule has 18 heavy (non-hydrogen) atoms. The van der Waals surface area contributed by atoms with Gasteiger partial charge in [0, 0.05) is 17.6 Å². The quantitative estimate of drug-likeness (QED) is 0.636. The summed E-state index contributed by atoms with van der Waals surface area (Å²) >= 11 is 0. The highest BCUT2D eigenvalue weighted by atomic mass is 16.4. The molecular formula is C14H20N2O2. The second kappa shape index (κ2) is 5.67. The van der Waals surface area contributed by atoms with Crippen LogP contribution in [0.1, 0.15) is 43.6 Å². The highest BCUT2D eigenvalue weighted by Gasteiger charge is 2.22. The van der Waals surface area contributed by atoms with Gasteiger partial charge in [-0.2, -0.15) is 0 Å². The molecule has 0 saturated carbocycles. The molecule has 0 unspecified atom stereocenters. The van der Waals surface area contributed by atoms with Crippen molar-refractivity contribution >= 4 is 11.8 Å². The molecule has 4 heteroatoms. The molecule has 0 aliphatic rings. The molecule has 0 aliphatic carbocycles. The first-order valence-electron chi connectivity index (χ1n) is 6.05. The van der Waals surface area contributed by atoms with Crippen molar-refractivity contribution in [3.63, 3.8) is 0 Å². The number of aromatic carboxylic acids is 1. The summed E-state index contributed by atoms with van der Waals surface area (Å²) in [5, 5.41) is 17.4. The van der Waals surface area contributed by atoms with E-state index in [0.717, 1.165) is 0 Å². The third-order valence-corrected chi connectivity index (χ3v) is 2.78. The van der Waals surface area contributed by atoms with E-state index in [4.69, 9.17) is 10.5 Å². The summed E-state index contributed by atoms with van der Waals surface area (Å²) in [6.45, 7) is 7.99. The average Bonchev–Trinajstić information content (AvgIpc) is 2.27. The first-order valence-corrected chi connectivity index (χ1v) is 6.05. The van der Waals surface area contributed by atoms with Crippen molar-refractivity contribution in [2.45, 2.75) is 39.8 Å². The second-order valence-electron chi connectivity index (χ2n) is 4.79. The van der Waals surface area contributed by atoms with Crippen molar-refractivity contribution in [2.75, 3.05) is 0 Å². The minimum Gasteiger partial charge on any atom is -0.478 e. The van der Waals surface area contributed by atoms with E-state index in [1.54, 1.807) is 18.2 Å². The number of carbonyl (C=O) groups is 1. The van der Waals surface area contributed by atoms with Gasteiger partial charge >= 0.3 is 5.97 Å². The molecular weight excluding hydrogens is 228 g/mol. The van der Waals surface area contributed by atoms with E-state index in [-0.39, 0.29) is 23.5 Å². The van der Waals surface area contributed by atoms with Crippen LogP contribution in [-0.2, 0) is 0 Å². The van der Waals surface area contributed by atoms with Crippen LogP contribution in [-0.4, -0.2) is 33.9 Å². The maximum absolute atomic E-state index is 11.2. The van der Waals surface area contributed by atoms with Crippen molar-refractivity contribution in [2.24, 2.45) is 0 Å². The molecule has 98 valence electrons. The summed E-state index contributed by atoms with van der Waals surface area (Å²) in [5.74, 6) is -0.735. The molecule has 4 nitrogen and oxygen atoms in total. The van der Waals surface area contributed by atoms with Crippen molar-refractivity contribution in [3.05, 3.63) is 35.4 Å². The monoisotopic (exact) mass is 248 g/mol. The Morgan fingerprint density at radius 2 is 1.56 bits per heavy atom. The van der Waals surface area contributed by atoms with Crippen LogP contribution in [0.3, 0.4) is 0 Å². The zero-order valence-corrected chi connectivity index (χ0v) is 11.3. The van der Waals surface area contributed by atoms with Crippen LogP contribution in [0.2, 0.25) is 0 Å². The van der Waals surface area contributed by atoms with Gasteiger partial charge in [0.15, 0.2) is 0 Å². The van der Waals surface area contributed by atoms with E-state index in [0.29, 0.717) is 5.56 Å². The van der Waals surface area contributed by atoms with Gasteiger partial charge in [-0.3, -0.25) is 5.41 Å². The van der Waals surface area contributed by atoms with Gasteiger partial charge in [-0.25, -0.2) is 4.79 Å². The van der Waals surface area contributed by atoms with Gasteiger partial charge in [0.05, 0.1) is 5.56 Å². The topological polar surface area (TPSA) is 64.4 Å². The standard InChI is InChI=1S/C14H20N2O2/c1-9(2)16(10(3)4)13(15)11-7-5-6-8-12(11)14(17)18/h5-10,15H,1-4H3,(H,17,18). The van der Waals surface area contributed by atoms with E-state index in [1.165, 1.54) is 6.07 Å². The van der Waals surface area contributed by atoms with Crippen LogP contribution in [0.5, 0.6) is 0 Å². The van der Waals surface area contributed by atoms with Gasteiger partial charge < -0.3 is 10.0 Å². The van der Waals surface area contributed by atoms with Crippen LogP contribution in [0.15, 0.2) is 24.3 Å². The molecule has 0 spiro atoms. The summed E-state index contributed by atoms with van der Waals surface area (Å²) in [7, 11) is 0. The van der Waals surface area contributed by atoms with Crippen molar-refractivity contribution in [1.82, 2.24) is 4.90 Å². The fraction of sp³-hybridized carbons (Fsp3) is 0.429. The maximum Gasteiger partial charge on any atom is 0.336 e. The lowest BCUT2D eigenvalue weighted by atomic mass is 10.0. The normalized spacial score (nSPS) is 10.8. The van der Waals surface area contributed by atoms with Gasteiger partial charge in [0.1, 0.15) is 5.84 Å². The molecule has 0 fully saturated rings. The van der Waals surface area contributed by atoms with Gasteiger partial charge in [0.2, 0.25) is 0 Å². The molecule has 0 radical (unpaired) electrons. The lowest BCUT2D eigenvalue weighted by molar-refractivity contribution is 0.0696. The second-order valence-corrected chi connectivity index (χ2v) is 4.79. The first kappa shape index (κ1) is 14.2. The predicted octanol–water partition coefficient (Wildman–Crippen LogP) is 2.83. The molecule has 0 bridgehead atoms. The van der Waals surface area contributed by atoms with E-state index < -0.39 is 5.97 Å². The van der Waals surface area contributed by atoms with Crippen molar-refractivity contribution in [1.29, 1.82) is 5.41 Å². The van der Waals surface area contributed by atoms with Gasteiger partial charge in [-0.15, -0.1) is 0 Å². The van der Waals surface area contributed by atoms with Crippen LogP contribution in [0, 0.1) is 5.41 Å². The SMILES string of the molecule is CC(C)N(C(=N)c1ccccc1C(=O)O)C(C)C. The molecule has 0 heterocycles. The number of benzene rings is 1. The molecule has 0 amide bonds. The van der Waals surface area contributed by atoms with Crippen LogP contribution in [0.4, 0.5) is 0 Å². The Hall–Kier alpha value is -1.84. The Balaban J connectivity index is 3.21. The Bertz CT molecular complexity index is 445. The number of amidine groups is 1. The summed E-state index contributed by atoms with van der Waals surface area (Å²) in [6, 6.07) is 6.96. The predicted molar refractivity (Wildman–Crippen MR) is 72.3 cm³/mol. The highest BCUT2D eigenvalue weighted by Crippen LogP contribution is 2.16. The lowest BCUT2D eigenvalue weighted by Gasteiger charge is -2.33. The van der Waals surface area contributed by atoms with Gasteiger partial charge in [-0.1, -0.05) is 18.2 Å². The number of nitrogens with zero attached hydrogens (tertiary/aromatic N) is 1. The zero-order valence-electron chi connectivity index (χ0n) is 11.3. The summed E-state index contributed by atoms with van der Waals surface area (Å²) in [6.07, 6.45) is 0. The van der Waals surface area contributed by atoms with Gasteiger partial charge in [0.25, 0.3) is 0 Å². The maximum atomic E-state index is 11.2. The molecule has 1 aromatic carbocycles. The molecule has 0 atom stereocenters. The van der Waals surface area contributed by atoms with Crippen molar-refractivity contribution < 1.29 is 9.90 Å². The Kier molecular flexibility index (Phi) is 4.48. The molecule has 0 aliphatic heterocycles. The minimum absolute atomic E-state index is 0.152. The Morgan fingerprint density at radius 1 is 1.11 bits per heavy atom. The fourth-order valence-electron chi connectivity index (χ4n) is 2.13. The first-order chi connectivity index (χ1) is 8.36. The minimum atomic E-state index is -0.997. The van der Waals surface area contributed by atoms with E-state index in [2.05, 4.69) is 0 Å². The Morgan fingerprint density at radius 3 is 1.94 bits per heavy atom. The summed E-state index contributed by atoms with van der Waals surface area (Å²) in [5.41, 5.74) is 0.640. The molecule has 1 aromatic rings. The number of nitrogens with one attached hydrogen (secondary N) is 1. The number of carboxylic acids is 1. The highest BCUT2D eigenvalue weighted by molar-refractivity contribution is 6.06. The molecule has 0 saturated heterocycles. The zero-order chi connectivity index (χ0) is 13.9. The van der Waals surface area contributed by atoms with Crippen LogP contribution < -0.4 is 0 Å². The number of hydrogen-bond acceptors (Lipinski definition) is 2. The lowest BCUT2D eigenvalue weighted by Crippen LogP contribution is -2.42. The van der Waals surface area contributed by atoms with E-state index in [1.807, 2.05) is 32.6 Å². The van der Waals surface area contributed by atoms with Crippen LogP contribution >= 0.6 is 0 Å². The third kappa shape index (κ3) is 2.88.